The molecule has 5 rings (SSSR count). The predicted octanol–water partition coefficient (Wildman–Crippen LogP) is 5.90. The minimum absolute atomic E-state index is 0.0503. The van der Waals surface area contributed by atoms with E-state index in [0.717, 1.165) is 20.8 Å². The maximum Gasteiger partial charge on any atom is 0.338 e. The molecular formula is C32H31BrN2O5S. The largest absolute Gasteiger partial charge is 0.496 e. The first kappa shape index (κ1) is 28.8. The van der Waals surface area contributed by atoms with Crippen LogP contribution < -0.4 is 24.4 Å². The van der Waals surface area contributed by atoms with Gasteiger partial charge in [-0.15, -0.1) is 0 Å². The van der Waals surface area contributed by atoms with Crippen LogP contribution >= 0.6 is 27.3 Å². The molecule has 0 saturated heterocycles. The van der Waals surface area contributed by atoms with Crippen molar-refractivity contribution in [2.24, 2.45) is 4.99 Å². The zero-order valence-electron chi connectivity index (χ0n) is 23.7. The highest BCUT2D eigenvalue weighted by atomic mass is 79.9. The molecule has 0 saturated carbocycles. The second-order valence-corrected chi connectivity index (χ2v) is 12.2. The molecule has 0 bridgehead atoms. The van der Waals surface area contributed by atoms with Crippen molar-refractivity contribution in [1.82, 2.24) is 4.57 Å². The van der Waals surface area contributed by atoms with Crippen LogP contribution in [0.25, 0.3) is 16.8 Å². The average molecular weight is 636 g/mol. The van der Waals surface area contributed by atoms with Gasteiger partial charge in [0.05, 0.1) is 35.1 Å². The number of thiazole rings is 1. The number of nitrogens with zero attached hydrogens (tertiary/aromatic N) is 2. The van der Waals surface area contributed by atoms with Crippen molar-refractivity contribution >= 4 is 50.1 Å². The zero-order valence-corrected chi connectivity index (χ0v) is 26.1. The van der Waals surface area contributed by atoms with Gasteiger partial charge in [0.15, 0.2) is 4.80 Å². The van der Waals surface area contributed by atoms with Crippen molar-refractivity contribution in [2.75, 3.05) is 7.11 Å². The summed E-state index contributed by atoms with van der Waals surface area (Å²) in [5.41, 5.74) is 1.97. The zero-order chi connectivity index (χ0) is 29.4. The normalized spacial score (nSPS) is 15.3. The van der Waals surface area contributed by atoms with Crippen molar-refractivity contribution in [2.45, 2.75) is 52.9 Å². The number of hydrogen-bond donors (Lipinski definition) is 0. The third-order valence-corrected chi connectivity index (χ3v) is 8.12. The lowest BCUT2D eigenvalue weighted by Crippen LogP contribution is -2.40. The summed E-state index contributed by atoms with van der Waals surface area (Å²) < 4.78 is 20.3. The number of hydrogen-bond acceptors (Lipinski definition) is 7. The molecule has 0 amide bonds. The third-order valence-electron chi connectivity index (χ3n) is 6.64. The lowest BCUT2D eigenvalue weighted by Gasteiger charge is -2.26. The Bertz CT molecular complexity index is 1870. The minimum Gasteiger partial charge on any atom is -0.496 e. The Hall–Kier alpha value is -3.69. The highest BCUT2D eigenvalue weighted by Gasteiger charge is 2.35. The molecule has 2 heterocycles. The number of fused-ring (bicyclic) bond motifs is 2. The molecule has 4 aromatic rings. The van der Waals surface area contributed by atoms with Gasteiger partial charge in [0.2, 0.25) is 0 Å². The fourth-order valence-corrected chi connectivity index (χ4v) is 6.39. The number of carbonyl (C=O) groups excluding carboxylic acids is 1. The number of benzene rings is 3. The van der Waals surface area contributed by atoms with E-state index >= 15 is 0 Å². The fourth-order valence-electron chi connectivity index (χ4n) is 4.99. The smallest absolute Gasteiger partial charge is 0.338 e. The second kappa shape index (κ2) is 11.7. The van der Waals surface area contributed by atoms with Gasteiger partial charge in [-0.05, 0) is 75.7 Å². The Morgan fingerprint density at radius 3 is 2.49 bits per heavy atom. The van der Waals surface area contributed by atoms with E-state index in [1.54, 1.807) is 32.4 Å². The van der Waals surface area contributed by atoms with Crippen LogP contribution in [0.1, 0.15) is 51.8 Å². The molecule has 41 heavy (non-hydrogen) atoms. The van der Waals surface area contributed by atoms with Gasteiger partial charge in [-0.2, -0.15) is 0 Å². The number of allylic oxidation sites excluding steroid dienone is 1. The summed E-state index contributed by atoms with van der Waals surface area (Å²) in [6.45, 7) is 9.29. The van der Waals surface area contributed by atoms with Crippen molar-refractivity contribution in [1.29, 1.82) is 0 Å². The quantitative estimate of drug-likeness (QED) is 0.237. The Labute approximate surface area is 250 Å². The van der Waals surface area contributed by atoms with Crippen LogP contribution in [0.15, 0.2) is 80.1 Å². The number of methoxy groups -OCH3 is 1. The SMILES string of the molecule is COc1ccc(Br)cc1[C@@H]1C(C(=O)OC(C)C)=C(C)N=c2s/c(=C\c3c(OC(C)C)ccc4ccccc34)c(=O)n21. The fraction of sp³-hybridized carbons (Fsp3) is 0.281. The van der Waals surface area contributed by atoms with Crippen molar-refractivity contribution in [3.8, 4) is 11.5 Å². The lowest BCUT2D eigenvalue weighted by atomic mass is 9.95. The lowest BCUT2D eigenvalue weighted by molar-refractivity contribution is -0.143. The second-order valence-electron chi connectivity index (χ2n) is 10.3. The standard InChI is InChI=1S/C32H31BrN2O5S/c1-17(2)39-26-13-11-20-9-7-8-10-22(20)23(26)16-27-30(36)35-29(24-15-21(33)12-14-25(24)38-6)28(31(37)40-18(3)4)19(5)34-32(35)41-27/h7-18,29H,1-6H3/b27-16-/t29-/m1/s1. The van der Waals surface area contributed by atoms with E-state index in [-0.39, 0.29) is 17.8 Å². The molecule has 0 spiro atoms. The summed E-state index contributed by atoms with van der Waals surface area (Å²) in [5.74, 6) is 0.704. The monoisotopic (exact) mass is 634 g/mol. The number of aromatic nitrogens is 1. The maximum absolute atomic E-state index is 14.3. The van der Waals surface area contributed by atoms with E-state index in [2.05, 4.69) is 15.9 Å². The minimum atomic E-state index is -0.800. The van der Waals surface area contributed by atoms with Crippen molar-refractivity contribution in [3.63, 3.8) is 0 Å². The third kappa shape index (κ3) is 5.61. The summed E-state index contributed by atoms with van der Waals surface area (Å²) in [7, 11) is 1.57. The molecule has 212 valence electrons. The number of carbonyl (C=O) groups is 1. The van der Waals surface area contributed by atoms with Crippen molar-refractivity contribution in [3.05, 3.63) is 101 Å². The van der Waals surface area contributed by atoms with E-state index in [4.69, 9.17) is 19.2 Å². The van der Waals surface area contributed by atoms with Crippen LogP contribution in [-0.4, -0.2) is 29.9 Å². The molecule has 0 N–H and O–H groups in total. The van der Waals surface area contributed by atoms with Gasteiger partial charge in [0.25, 0.3) is 5.56 Å². The Balaban J connectivity index is 1.81. The Kier molecular flexibility index (Phi) is 8.20. The van der Waals surface area contributed by atoms with Gasteiger partial charge >= 0.3 is 5.97 Å². The van der Waals surface area contributed by atoms with Crippen LogP contribution in [0.3, 0.4) is 0 Å². The Morgan fingerprint density at radius 1 is 1.05 bits per heavy atom. The summed E-state index contributed by atoms with van der Waals surface area (Å²) in [5, 5.41) is 2.01. The first-order chi connectivity index (χ1) is 19.6. The summed E-state index contributed by atoms with van der Waals surface area (Å²) in [6, 6.07) is 16.7. The number of ether oxygens (including phenoxy) is 3. The van der Waals surface area contributed by atoms with Crippen LogP contribution in [-0.2, 0) is 9.53 Å². The van der Waals surface area contributed by atoms with Crippen molar-refractivity contribution < 1.29 is 19.0 Å². The Morgan fingerprint density at radius 2 is 1.78 bits per heavy atom. The average Bonchev–Trinajstić information content (AvgIpc) is 3.22. The summed E-state index contributed by atoms with van der Waals surface area (Å²) >= 11 is 4.82. The molecule has 0 aliphatic carbocycles. The van der Waals surface area contributed by atoms with Gasteiger partial charge in [-0.25, -0.2) is 9.79 Å². The van der Waals surface area contributed by atoms with E-state index in [1.165, 1.54) is 11.3 Å². The number of rotatable bonds is 7. The van der Waals surface area contributed by atoms with E-state index < -0.39 is 12.0 Å². The van der Waals surface area contributed by atoms with Crippen LogP contribution in [0.2, 0.25) is 0 Å². The predicted molar refractivity (Wildman–Crippen MR) is 165 cm³/mol. The number of esters is 1. The number of halogens is 1. The highest BCUT2D eigenvalue weighted by Crippen LogP contribution is 2.37. The van der Waals surface area contributed by atoms with Gasteiger partial charge in [-0.3, -0.25) is 9.36 Å². The van der Waals surface area contributed by atoms with Gasteiger partial charge in [-0.1, -0.05) is 57.6 Å². The maximum atomic E-state index is 14.3. The molecule has 1 aromatic heterocycles. The first-order valence-electron chi connectivity index (χ1n) is 13.3. The highest BCUT2D eigenvalue weighted by molar-refractivity contribution is 9.10. The van der Waals surface area contributed by atoms with Crippen LogP contribution in [0, 0.1) is 0 Å². The van der Waals surface area contributed by atoms with Gasteiger partial charge < -0.3 is 14.2 Å². The molecule has 3 aromatic carbocycles. The summed E-state index contributed by atoms with van der Waals surface area (Å²) in [4.78, 5) is 32.9. The van der Waals surface area contributed by atoms with Crippen LogP contribution in [0.4, 0.5) is 0 Å². The topological polar surface area (TPSA) is 79.1 Å². The molecule has 0 radical (unpaired) electrons. The molecule has 0 unspecified atom stereocenters. The first-order valence-corrected chi connectivity index (χ1v) is 14.9. The molecule has 7 nitrogen and oxygen atoms in total. The molecular weight excluding hydrogens is 604 g/mol. The molecule has 1 atom stereocenters. The molecule has 1 aliphatic heterocycles. The van der Waals surface area contributed by atoms with Crippen LogP contribution in [0.5, 0.6) is 11.5 Å². The molecule has 1 aliphatic rings. The van der Waals surface area contributed by atoms with E-state index in [9.17, 15) is 9.59 Å². The van der Waals surface area contributed by atoms with Gasteiger partial charge in [0.1, 0.15) is 17.5 Å². The van der Waals surface area contributed by atoms with Gasteiger partial charge in [0, 0.05) is 15.6 Å². The molecule has 9 heteroatoms. The van der Waals surface area contributed by atoms with E-state index in [0.29, 0.717) is 37.7 Å². The van der Waals surface area contributed by atoms with E-state index in [1.807, 2.05) is 74.5 Å². The molecule has 0 fully saturated rings. The summed E-state index contributed by atoms with van der Waals surface area (Å²) in [6.07, 6.45) is 1.47.